The first-order valence-electron chi connectivity index (χ1n) is 10.1. The number of aryl methyl sites for hydroxylation is 1. The van der Waals surface area contributed by atoms with Crippen LogP contribution in [0, 0.1) is 0 Å². The maximum absolute atomic E-state index is 13.4. The predicted octanol–water partition coefficient (Wildman–Crippen LogP) is 4.44. The molecule has 0 unspecified atom stereocenters. The van der Waals surface area contributed by atoms with E-state index in [1.165, 1.54) is 7.11 Å². The molecule has 0 radical (unpaired) electrons. The van der Waals surface area contributed by atoms with Crippen molar-refractivity contribution >= 4 is 11.9 Å². The molecule has 4 rings (SSSR count). The van der Waals surface area contributed by atoms with E-state index in [1.807, 2.05) is 91.0 Å². The molecule has 0 bridgehead atoms. The third kappa shape index (κ3) is 3.39. The van der Waals surface area contributed by atoms with Crippen LogP contribution in [-0.4, -0.2) is 25.2 Å². The summed E-state index contributed by atoms with van der Waals surface area (Å²) in [5, 5.41) is 0. The number of esters is 2. The fourth-order valence-corrected chi connectivity index (χ4v) is 4.55. The SMILES string of the molecule is COC(=O)[C@@]1(c2ccccc2)[C@@H](CCc2ccccc2)OC(=O)[C@H]1c1ccccc1. The Labute approximate surface area is 176 Å². The Bertz CT molecular complexity index is 1000. The lowest BCUT2D eigenvalue weighted by molar-refractivity contribution is -0.150. The van der Waals surface area contributed by atoms with Gasteiger partial charge in [0.25, 0.3) is 0 Å². The van der Waals surface area contributed by atoms with Crippen LogP contribution >= 0.6 is 0 Å². The van der Waals surface area contributed by atoms with Crippen molar-refractivity contribution in [2.24, 2.45) is 0 Å². The van der Waals surface area contributed by atoms with Gasteiger partial charge in [-0.3, -0.25) is 9.59 Å². The van der Waals surface area contributed by atoms with Crippen LogP contribution in [0.25, 0.3) is 0 Å². The summed E-state index contributed by atoms with van der Waals surface area (Å²) in [4.78, 5) is 26.6. The van der Waals surface area contributed by atoms with Gasteiger partial charge in [0.2, 0.25) is 0 Å². The van der Waals surface area contributed by atoms with E-state index in [4.69, 9.17) is 9.47 Å². The molecule has 1 fully saturated rings. The number of hydrogen-bond acceptors (Lipinski definition) is 4. The molecule has 4 heteroatoms. The van der Waals surface area contributed by atoms with Crippen LogP contribution in [0.1, 0.15) is 29.0 Å². The number of methoxy groups -OCH3 is 1. The van der Waals surface area contributed by atoms with Gasteiger partial charge in [0.15, 0.2) is 0 Å². The summed E-state index contributed by atoms with van der Waals surface area (Å²) in [5.74, 6) is -1.62. The van der Waals surface area contributed by atoms with Gasteiger partial charge >= 0.3 is 11.9 Å². The van der Waals surface area contributed by atoms with Gasteiger partial charge in [-0.1, -0.05) is 91.0 Å². The van der Waals surface area contributed by atoms with Gasteiger partial charge in [-0.2, -0.15) is 0 Å². The van der Waals surface area contributed by atoms with Gasteiger partial charge in [0.1, 0.15) is 17.4 Å². The minimum Gasteiger partial charge on any atom is -0.468 e. The molecule has 1 aliphatic heterocycles. The molecule has 3 aromatic carbocycles. The zero-order valence-electron chi connectivity index (χ0n) is 16.9. The molecule has 1 saturated heterocycles. The van der Waals surface area contributed by atoms with Gasteiger partial charge in [-0.05, 0) is 29.5 Å². The first-order chi connectivity index (χ1) is 14.7. The summed E-state index contributed by atoms with van der Waals surface area (Å²) < 4.78 is 11.2. The van der Waals surface area contributed by atoms with Crippen LogP contribution in [0.2, 0.25) is 0 Å². The van der Waals surface area contributed by atoms with E-state index in [2.05, 4.69) is 0 Å². The van der Waals surface area contributed by atoms with E-state index in [0.717, 1.165) is 16.7 Å². The van der Waals surface area contributed by atoms with Gasteiger partial charge in [0, 0.05) is 0 Å². The average molecular weight is 400 g/mol. The Kier molecular flexibility index (Phi) is 5.66. The van der Waals surface area contributed by atoms with Crippen molar-refractivity contribution in [2.75, 3.05) is 7.11 Å². The summed E-state index contributed by atoms with van der Waals surface area (Å²) in [7, 11) is 1.37. The summed E-state index contributed by atoms with van der Waals surface area (Å²) >= 11 is 0. The number of benzene rings is 3. The lowest BCUT2D eigenvalue weighted by Crippen LogP contribution is -2.48. The van der Waals surface area contributed by atoms with Crippen LogP contribution in [-0.2, 0) is 30.9 Å². The second kappa shape index (κ2) is 8.54. The molecule has 0 aromatic heterocycles. The molecule has 0 saturated carbocycles. The molecule has 4 nitrogen and oxygen atoms in total. The van der Waals surface area contributed by atoms with Crippen molar-refractivity contribution in [3.8, 4) is 0 Å². The maximum atomic E-state index is 13.4. The molecule has 0 amide bonds. The van der Waals surface area contributed by atoms with Crippen LogP contribution in [0.5, 0.6) is 0 Å². The lowest BCUT2D eigenvalue weighted by atomic mass is 9.65. The average Bonchev–Trinajstić information content (AvgIpc) is 3.11. The lowest BCUT2D eigenvalue weighted by Gasteiger charge is -2.34. The molecule has 30 heavy (non-hydrogen) atoms. The number of cyclic esters (lactones) is 1. The van der Waals surface area contributed by atoms with E-state index in [1.54, 1.807) is 0 Å². The Morgan fingerprint density at radius 2 is 1.47 bits per heavy atom. The molecule has 1 heterocycles. The second-order valence-corrected chi connectivity index (χ2v) is 7.52. The molecule has 152 valence electrons. The van der Waals surface area contributed by atoms with E-state index in [9.17, 15) is 9.59 Å². The van der Waals surface area contributed by atoms with Crippen LogP contribution < -0.4 is 0 Å². The Hall–Kier alpha value is -3.40. The molecular weight excluding hydrogens is 376 g/mol. The standard InChI is InChI=1S/C26H24O4/c1-29-25(28)26(21-15-9-4-10-16-21)22(18-17-19-11-5-2-6-12-19)30-24(27)23(26)20-13-7-3-8-14-20/h2-16,22-23H,17-18H2,1H3/t22-,23-,26+/m1/s1. The van der Waals surface area contributed by atoms with Crippen molar-refractivity contribution in [1.29, 1.82) is 0 Å². The summed E-state index contributed by atoms with van der Waals surface area (Å²) in [5.41, 5.74) is 1.36. The van der Waals surface area contributed by atoms with Crippen LogP contribution in [0.4, 0.5) is 0 Å². The Balaban J connectivity index is 1.84. The summed E-state index contributed by atoms with van der Waals surface area (Å²) in [6.45, 7) is 0. The molecule has 3 aromatic rings. The highest BCUT2D eigenvalue weighted by atomic mass is 16.6. The molecule has 0 N–H and O–H groups in total. The fraction of sp³-hybridized carbons (Fsp3) is 0.231. The predicted molar refractivity (Wildman–Crippen MR) is 114 cm³/mol. The minimum absolute atomic E-state index is 0.395. The summed E-state index contributed by atoms with van der Waals surface area (Å²) in [6, 6.07) is 28.8. The molecular formula is C26H24O4. The minimum atomic E-state index is -1.25. The third-order valence-electron chi connectivity index (χ3n) is 5.90. The third-order valence-corrected chi connectivity index (χ3v) is 5.90. The van der Waals surface area contributed by atoms with Crippen molar-refractivity contribution in [3.63, 3.8) is 0 Å². The number of carbonyl (C=O) groups excluding carboxylic acids is 2. The highest BCUT2D eigenvalue weighted by Crippen LogP contribution is 2.51. The highest BCUT2D eigenvalue weighted by molar-refractivity contribution is 5.97. The van der Waals surface area contributed by atoms with Crippen molar-refractivity contribution in [1.82, 2.24) is 0 Å². The van der Waals surface area contributed by atoms with Crippen molar-refractivity contribution < 1.29 is 19.1 Å². The Morgan fingerprint density at radius 1 is 0.900 bits per heavy atom. The fourth-order valence-electron chi connectivity index (χ4n) is 4.55. The van der Waals surface area contributed by atoms with Gasteiger partial charge in [0.05, 0.1) is 7.11 Å². The number of rotatable bonds is 6. The van der Waals surface area contributed by atoms with E-state index in [0.29, 0.717) is 12.8 Å². The first kappa shape index (κ1) is 19.9. The second-order valence-electron chi connectivity index (χ2n) is 7.52. The van der Waals surface area contributed by atoms with Gasteiger partial charge in [-0.15, -0.1) is 0 Å². The largest absolute Gasteiger partial charge is 0.468 e. The zero-order valence-corrected chi connectivity index (χ0v) is 16.9. The number of hydrogen-bond donors (Lipinski definition) is 0. The quantitative estimate of drug-likeness (QED) is 0.574. The topological polar surface area (TPSA) is 52.6 Å². The molecule has 3 atom stereocenters. The van der Waals surface area contributed by atoms with Gasteiger partial charge in [-0.25, -0.2) is 0 Å². The summed E-state index contributed by atoms with van der Waals surface area (Å²) in [6.07, 6.45) is 0.569. The number of ether oxygens (including phenoxy) is 2. The number of carbonyl (C=O) groups is 2. The maximum Gasteiger partial charge on any atom is 0.321 e. The van der Waals surface area contributed by atoms with Gasteiger partial charge < -0.3 is 9.47 Å². The highest BCUT2D eigenvalue weighted by Gasteiger charge is 2.64. The molecule has 0 aliphatic carbocycles. The van der Waals surface area contributed by atoms with E-state index in [-0.39, 0.29) is 0 Å². The van der Waals surface area contributed by atoms with Crippen LogP contribution in [0.15, 0.2) is 91.0 Å². The van der Waals surface area contributed by atoms with E-state index >= 15 is 0 Å². The van der Waals surface area contributed by atoms with Crippen LogP contribution in [0.3, 0.4) is 0 Å². The monoisotopic (exact) mass is 400 g/mol. The Morgan fingerprint density at radius 3 is 2.07 bits per heavy atom. The smallest absolute Gasteiger partial charge is 0.321 e. The zero-order chi connectivity index (χ0) is 21.0. The molecule has 0 spiro atoms. The van der Waals surface area contributed by atoms with Crippen molar-refractivity contribution in [3.05, 3.63) is 108 Å². The first-order valence-corrected chi connectivity index (χ1v) is 10.1. The van der Waals surface area contributed by atoms with E-state index < -0.39 is 29.4 Å². The molecule has 1 aliphatic rings. The normalized spacial score (nSPS) is 23.0. The van der Waals surface area contributed by atoms with Crippen molar-refractivity contribution in [2.45, 2.75) is 30.3 Å².